The van der Waals surface area contributed by atoms with Crippen molar-refractivity contribution >= 4 is 11.9 Å². The summed E-state index contributed by atoms with van der Waals surface area (Å²) >= 11 is 0. The lowest BCUT2D eigenvalue weighted by Gasteiger charge is -2.09. The van der Waals surface area contributed by atoms with E-state index in [2.05, 4.69) is 22.1 Å². The number of benzene rings is 1. The first-order valence-corrected chi connectivity index (χ1v) is 9.15. The normalized spacial score (nSPS) is 10.2. The van der Waals surface area contributed by atoms with Gasteiger partial charge in [0.05, 0.1) is 13.2 Å². The number of hydrogen-bond donors (Lipinski definition) is 2. The van der Waals surface area contributed by atoms with Gasteiger partial charge < -0.3 is 19.5 Å². The second-order valence-electron chi connectivity index (χ2n) is 5.81. The van der Waals surface area contributed by atoms with Crippen LogP contribution >= 0.6 is 0 Å². The van der Waals surface area contributed by atoms with Gasteiger partial charge in [0.1, 0.15) is 11.5 Å². The maximum absolute atomic E-state index is 12.5. The Morgan fingerprint density at radius 3 is 2.39 bits per heavy atom. The number of nitrogens with zero attached hydrogens (tertiary/aromatic N) is 1. The van der Waals surface area contributed by atoms with Crippen molar-refractivity contribution in [1.82, 2.24) is 15.5 Å². The van der Waals surface area contributed by atoms with Crippen molar-refractivity contribution in [3.63, 3.8) is 0 Å². The number of allylic oxidation sites excluding steroid dienone is 1. The average Bonchev–Trinajstić information content (AvgIpc) is 3.07. The minimum Gasteiger partial charge on any atom is -0.494 e. The lowest BCUT2D eigenvalue weighted by Crippen LogP contribution is -2.25. The molecule has 28 heavy (non-hydrogen) atoms. The van der Waals surface area contributed by atoms with Crippen molar-refractivity contribution in [2.45, 2.75) is 33.6 Å². The van der Waals surface area contributed by atoms with Crippen LogP contribution in [0.15, 0.2) is 36.5 Å². The first-order valence-electron chi connectivity index (χ1n) is 9.15. The van der Waals surface area contributed by atoms with Crippen molar-refractivity contribution in [1.29, 1.82) is 0 Å². The molecule has 8 nitrogen and oxygen atoms in total. The van der Waals surface area contributed by atoms with Gasteiger partial charge in [0, 0.05) is 5.70 Å². The number of H-pyrrole nitrogens is 1. The smallest absolute Gasteiger partial charge is 0.346 e. The zero-order valence-corrected chi connectivity index (χ0v) is 16.3. The number of nitrogens with one attached hydrogen (secondary N) is 2. The average molecular weight is 387 g/mol. The van der Waals surface area contributed by atoms with Gasteiger partial charge in [0.2, 0.25) is 5.88 Å². The van der Waals surface area contributed by atoms with Crippen molar-refractivity contribution < 1.29 is 23.8 Å². The molecule has 0 saturated carbocycles. The van der Waals surface area contributed by atoms with Crippen molar-refractivity contribution in [3.8, 4) is 17.4 Å². The fourth-order valence-corrected chi connectivity index (χ4v) is 2.43. The van der Waals surface area contributed by atoms with Gasteiger partial charge in [-0.25, -0.2) is 9.89 Å². The molecule has 0 aliphatic heterocycles. The van der Waals surface area contributed by atoms with Gasteiger partial charge in [-0.15, -0.1) is 0 Å². The van der Waals surface area contributed by atoms with E-state index in [0.717, 1.165) is 6.42 Å². The van der Waals surface area contributed by atoms with Crippen LogP contribution < -0.4 is 14.8 Å². The van der Waals surface area contributed by atoms with E-state index in [1.807, 2.05) is 13.8 Å². The molecule has 0 unspecified atom stereocenters. The topological polar surface area (TPSA) is 103 Å². The Hall–Kier alpha value is -3.29. The highest BCUT2D eigenvalue weighted by molar-refractivity contribution is 6.06. The monoisotopic (exact) mass is 387 g/mol. The van der Waals surface area contributed by atoms with Gasteiger partial charge in [-0.05, 0) is 44.5 Å². The summed E-state index contributed by atoms with van der Waals surface area (Å²) in [7, 11) is 0. The van der Waals surface area contributed by atoms with Crippen LogP contribution in [0.2, 0.25) is 0 Å². The summed E-state index contributed by atoms with van der Waals surface area (Å²) in [6.45, 7) is 10.0. The summed E-state index contributed by atoms with van der Waals surface area (Å²) in [5.74, 6) is -0.101. The Labute approximate surface area is 163 Å². The molecule has 0 aliphatic carbocycles. The van der Waals surface area contributed by atoms with Crippen LogP contribution in [0.5, 0.6) is 17.4 Å². The van der Waals surface area contributed by atoms with Gasteiger partial charge in [-0.3, -0.25) is 4.79 Å². The van der Waals surface area contributed by atoms with Crippen molar-refractivity contribution in [3.05, 3.63) is 47.8 Å². The Kier molecular flexibility index (Phi) is 7.62. The Bertz CT molecular complexity index is 827. The van der Waals surface area contributed by atoms with Crippen molar-refractivity contribution in [2.24, 2.45) is 0 Å². The van der Waals surface area contributed by atoms with Gasteiger partial charge in [-0.1, -0.05) is 19.9 Å². The number of carbonyl (C=O) groups excluding carboxylic acids is 2. The number of esters is 1. The first-order chi connectivity index (χ1) is 13.5. The molecule has 1 aromatic carbocycles. The summed E-state index contributed by atoms with van der Waals surface area (Å²) in [6.07, 6.45) is 1.46. The van der Waals surface area contributed by atoms with Crippen LogP contribution in [0.25, 0.3) is 0 Å². The predicted octanol–water partition coefficient (Wildman–Crippen LogP) is 3.82. The van der Waals surface area contributed by atoms with E-state index in [1.165, 1.54) is 0 Å². The molecule has 0 radical (unpaired) electrons. The predicted molar refractivity (Wildman–Crippen MR) is 104 cm³/mol. The van der Waals surface area contributed by atoms with Gasteiger partial charge in [0.15, 0.2) is 11.3 Å². The van der Waals surface area contributed by atoms with Gasteiger partial charge in [0.25, 0.3) is 5.91 Å². The summed E-state index contributed by atoms with van der Waals surface area (Å²) in [5.41, 5.74) is 0.355. The number of aromatic nitrogens is 2. The molecule has 0 saturated heterocycles. The Morgan fingerprint density at radius 2 is 1.79 bits per heavy atom. The highest BCUT2D eigenvalue weighted by Crippen LogP contribution is 2.28. The molecule has 1 amide bonds. The van der Waals surface area contributed by atoms with Crippen LogP contribution in [0.1, 0.15) is 54.5 Å². The maximum Gasteiger partial charge on any atom is 0.346 e. The molecule has 2 rings (SSSR count). The Balaban J connectivity index is 2.28. The molecule has 0 spiro atoms. The summed E-state index contributed by atoms with van der Waals surface area (Å²) < 4.78 is 16.2. The molecule has 2 N–H and O–H groups in total. The summed E-state index contributed by atoms with van der Waals surface area (Å²) in [6, 6.07) is 6.84. The third kappa shape index (κ3) is 5.35. The van der Waals surface area contributed by atoms with E-state index in [9.17, 15) is 9.59 Å². The highest BCUT2D eigenvalue weighted by atomic mass is 16.5. The minimum atomic E-state index is -0.705. The quantitative estimate of drug-likeness (QED) is 0.601. The number of carbonyl (C=O) groups is 2. The lowest BCUT2D eigenvalue weighted by atomic mass is 10.2. The van der Waals surface area contributed by atoms with E-state index in [0.29, 0.717) is 30.2 Å². The largest absolute Gasteiger partial charge is 0.494 e. The lowest BCUT2D eigenvalue weighted by molar-refractivity contribution is 0.0520. The number of hydrogen-bond acceptors (Lipinski definition) is 6. The van der Waals surface area contributed by atoms with Crippen LogP contribution in [0.3, 0.4) is 0 Å². The molecule has 0 aliphatic rings. The standard InChI is InChI=1S/C20H25N3O5/c1-5-8-13(4)21-18(24)17-16(20(25)27-7-3)19(23-22-17)28-15-11-9-14(10-12-15)26-6-2/h9-12H,4-8H2,1-3H3,(H,21,24)(H,22,23). The zero-order valence-electron chi connectivity index (χ0n) is 16.3. The molecule has 0 bridgehead atoms. The minimum absolute atomic E-state index is 0.0221. The van der Waals surface area contributed by atoms with Gasteiger partial charge >= 0.3 is 5.97 Å². The third-order valence-electron chi connectivity index (χ3n) is 3.62. The van der Waals surface area contributed by atoms with E-state index >= 15 is 0 Å². The van der Waals surface area contributed by atoms with E-state index in [-0.39, 0.29) is 23.7 Å². The number of rotatable bonds is 10. The molecule has 150 valence electrons. The molecular formula is C20H25N3O5. The fraction of sp³-hybridized carbons (Fsp3) is 0.350. The molecule has 0 atom stereocenters. The fourth-order valence-electron chi connectivity index (χ4n) is 2.43. The molecule has 0 fully saturated rings. The number of amides is 1. The molecule has 8 heteroatoms. The second kappa shape index (κ2) is 10.1. The van der Waals surface area contributed by atoms with Crippen LogP contribution in [0.4, 0.5) is 0 Å². The van der Waals surface area contributed by atoms with Crippen LogP contribution in [-0.2, 0) is 4.74 Å². The van der Waals surface area contributed by atoms with E-state index in [4.69, 9.17) is 14.2 Å². The van der Waals surface area contributed by atoms with Crippen molar-refractivity contribution in [2.75, 3.05) is 13.2 Å². The van der Waals surface area contributed by atoms with Gasteiger partial charge in [-0.2, -0.15) is 5.10 Å². The SMILES string of the molecule is C=C(CCC)NC(=O)c1n[nH]c(Oc2ccc(OCC)cc2)c1C(=O)OCC. The highest BCUT2D eigenvalue weighted by Gasteiger charge is 2.28. The van der Waals surface area contributed by atoms with Crippen LogP contribution in [-0.4, -0.2) is 35.3 Å². The number of aromatic amines is 1. The molecule has 2 aromatic rings. The molecule has 1 heterocycles. The molecular weight excluding hydrogens is 362 g/mol. The zero-order chi connectivity index (χ0) is 20.5. The maximum atomic E-state index is 12.5. The number of ether oxygens (including phenoxy) is 3. The van der Waals surface area contributed by atoms with E-state index < -0.39 is 11.9 Å². The molecule has 1 aromatic heterocycles. The summed E-state index contributed by atoms with van der Waals surface area (Å²) in [4.78, 5) is 24.9. The second-order valence-corrected chi connectivity index (χ2v) is 5.81. The Morgan fingerprint density at radius 1 is 1.11 bits per heavy atom. The van der Waals surface area contributed by atoms with Crippen LogP contribution in [0, 0.1) is 0 Å². The third-order valence-corrected chi connectivity index (χ3v) is 3.62. The van der Waals surface area contributed by atoms with E-state index in [1.54, 1.807) is 31.2 Å². The summed E-state index contributed by atoms with van der Waals surface area (Å²) in [5, 5.41) is 9.18. The first kappa shape index (κ1) is 21.0.